The zero-order chi connectivity index (χ0) is 5.56. The van der Waals surface area contributed by atoms with E-state index >= 15 is 0 Å². The highest BCUT2D eigenvalue weighted by atomic mass is 15.3. The van der Waals surface area contributed by atoms with Crippen LogP contribution in [0.25, 0.3) is 0 Å². The Bertz CT molecular complexity index is 88.6. The van der Waals surface area contributed by atoms with E-state index in [1.807, 2.05) is 0 Å². The second kappa shape index (κ2) is 1.47. The van der Waals surface area contributed by atoms with Gasteiger partial charge in [0.25, 0.3) is 0 Å². The minimum absolute atomic E-state index is 0.942. The topological polar surface area (TPSA) is 3.01 Å². The first-order valence-electron chi connectivity index (χ1n) is 3.65. The van der Waals surface area contributed by atoms with Crippen molar-refractivity contribution in [3.05, 3.63) is 0 Å². The summed E-state index contributed by atoms with van der Waals surface area (Å²) in [7, 11) is 0. The molecule has 2 rings (SSSR count). The maximum Gasteiger partial charge on any atom is 0.0252 e. The van der Waals surface area contributed by atoms with Crippen LogP contribution in [-0.2, 0) is 0 Å². The Kier molecular flexibility index (Phi) is 0.884. The molecule has 0 radical (unpaired) electrons. The molecule has 2 heterocycles. The van der Waals surface area contributed by atoms with Gasteiger partial charge in [0.1, 0.15) is 0 Å². The van der Waals surface area contributed by atoms with Gasteiger partial charge in [0.15, 0.2) is 0 Å². The van der Waals surface area contributed by atoms with Crippen molar-refractivity contribution >= 4 is 0 Å². The molecular formula is C7H13N. The second-order valence-corrected chi connectivity index (χ2v) is 3.04. The molecule has 0 amide bonds. The van der Waals surface area contributed by atoms with Crippen LogP contribution in [0.15, 0.2) is 0 Å². The Balaban J connectivity index is 1.97. The van der Waals surface area contributed by atoms with Gasteiger partial charge in [0.2, 0.25) is 0 Å². The molecular weight excluding hydrogens is 98.1 g/mol. The molecule has 46 valence electrons. The first-order chi connectivity index (χ1) is 3.89. The van der Waals surface area contributed by atoms with Gasteiger partial charge < -0.3 is 0 Å². The Morgan fingerprint density at radius 2 is 2.25 bits per heavy atom. The van der Waals surface area contributed by atoms with Gasteiger partial charge in [-0.2, -0.15) is 0 Å². The molecule has 0 saturated carbocycles. The first-order valence-corrected chi connectivity index (χ1v) is 3.65. The molecule has 2 aliphatic heterocycles. The Hall–Kier alpha value is -0.0400. The van der Waals surface area contributed by atoms with Gasteiger partial charge in [-0.05, 0) is 26.3 Å². The molecule has 0 bridgehead atoms. The summed E-state index contributed by atoms with van der Waals surface area (Å²) in [5.41, 5.74) is 0. The number of piperidine rings is 1. The van der Waals surface area contributed by atoms with Crippen LogP contribution in [0.4, 0.5) is 0 Å². The quantitative estimate of drug-likeness (QED) is 0.425. The lowest BCUT2D eigenvalue weighted by atomic mass is 10.1. The zero-order valence-corrected chi connectivity index (χ0v) is 5.43. The number of hydrogen-bond donors (Lipinski definition) is 0. The molecule has 0 aromatic rings. The predicted molar refractivity (Wildman–Crippen MR) is 33.8 cm³/mol. The second-order valence-electron chi connectivity index (χ2n) is 3.04. The van der Waals surface area contributed by atoms with E-state index in [0.29, 0.717) is 0 Å². The highest BCUT2D eigenvalue weighted by Crippen LogP contribution is 2.35. The summed E-state index contributed by atoms with van der Waals surface area (Å²) in [6.07, 6.45) is 4.40. The molecule has 0 N–H and O–H groups in total. The average molecular weight is 111 g/mol. The van der Waals surface area contributed by atoms with Crippen LogP contribution in [0.3, 0.4) is 0 Å². The number of nitrogens with zero attached hydrogens (tertiary/aromatic N) is 1. The Labute approximate surface area is 50.7 Å². The molecule has 2 saturated heterocycles. The van der Waals surface area contributed by atoms with E-state index in [-0.39, 0.29) is 0 Å². The van der Waals surface area contributed by atoms with E-state index in [1.165, 1.54) is 25.8 Å². The molecule has 0 aromatic heterocycles. The third-order valence-electron chi connectivity index (χ3n) is 2.58. The van der Waals surface area contributed by atoms with Gasteiger partial charge in [0, 0.05) is 12.1 Å². The van der Waals surface area contributed by atoms with Crippen molar-refractivity contribution in [2.24, 2.45) is 0 Å². The van der Waals surface area contributed by atoms with Crippen molar-refractivity contribution in [1.82, 2.24) is 4.90 Å². The van der Waals surface area contributed by atoms with Crippen LogP contribution in [0, 0.1) is 0 Å². The average Bonchev–Trinajstić information content (AvgIpc) is 2.46. The van der Waals surface area contributed by atoms with Gasteiger partial charge in [-0.1, -0.05) is 6.42 Å². The third kappa shape index (κ3) is 0.510. The van der Waals surface area contributed by atoms with Crippen LogP contribution >= 0.6 is 0 Å². The molecule has 3 unspecified atom stereocenters. The van der Waals surface area contributed by atoms with Crippen molar-refractivity contribution in [2.75, 3.05) is 6.54 Å². The highest BCUT2D eigenvalue weighted by molar-refractivity contribution is 5.00. The summed E-state index contributed by atoms with van der Waals surface area (Å²) in [5.74, 6) is 0. The van der Waals surface area contributed by atoms with Crippen LogP contribution in [0.5, 0.6) is 0 Å². The number of fused-ring (bicyclic) bond motifs is 1. The fraction of sp³-hybridized carbons (Fsp3) is 1.00. The fourth-order valence-electron chi connectivity index (χ4n) is 1.90. The summed E-state index contributed by atoms with van der Waals surface area (Å²) >= 11 is 0. The minimum atomic E-state index is 0.942. The highest BCUT2D eigenvalue weighted by Gasteiger charge is 2.44. The van der Waals surface area contributed by atoms with E-state index in [2.05, 4.69) is 11.8 Å². The minimum Gasteiger partial charge on any atom is -0.295 e. The molecule has 0 aliphatic carbocycles. The standard InChI is InChI=1S/C7H13N/c1-6-7-4-2-3-5-8(6)7/h6-7H,2-5H2,1H3. The molecule has 3 atom stereocenters. The Morgan fingerprint density at radius 1 is 1.38 bits per heavy atom. The summed E-state index contributed by atoms with van der Waals surface area (Å²) in [6.45, 7) is 3.72. The lowest BCUT2D eigenvalue weighted by Crippen LogP contribution is -2.09. The van der Waals surface area contributed by atoms with E-state index < -0.39 is 0 Å². The zero-order valence-electron chi connectivity index (χ0n) is 5.43. The number of rotatable bonds is 0. The summed E-state index contributed by atoms with van der Waals surface area (Å²) < 4.78 is 0. The van der Waals surface area contributed by atoms with Crippen LogP contribution in [0.2, 0.25) is 0 Å². The van der Waals surface area contributed by atoms with Gasteiger partial charge >= 0.3 is 0 Å². The lowest BCUT2D eigenvalue weighted by molar-refractivity contribution is 0.401. The molecule has 0 aromatic carbocycles. The predicted octanol–water partition coefficient (Wildman–Crippen LogP) is 1.24. The van der Waals surface area contributed by atoms with E-state index in [1.54, 1.807) is 0 Å². The van der Waals surface area contributed by atoms with Gasteiger partial charge in [-0.15, -0.1) is 0 Å². The van der Waals surface area contributed by atoms with Crippen LogP contribution in [0.1, 0.15) is 26.2 Å². The molecule has 0 spiro atoms. The van der Waals surface area contributed by atoms with Crippen LogP contribution < -0.4 is 0 Å². The van der Waals surface area contributed by atoms with Crippen molar-refractivity contribution in [3.63, 3.8) is 0 Å². The maximum absolute atomic E-state index is 2.60. The van der Waals surface area contributed by atoms with Crippen molar-refractivity contribution in [3.8, 4) is 0 Å². The van der Waals surface area contributed by atoms with E-state index in [4.69, 9.17) is 0 Å². The molecule has 1 nitrogen and oxygen atoms in total. The normalized spacial score (nSPS) is 52.9. The largest absolute Gasteiger partial charge is 0.295 e. The van der Waals surface area contributed by atoms with Crippen LogP contribution in [-0.4, -0.2) is 23.5 Å². The fourth-order valence-corrected chi connectivity index (χ4v) is 1.90. The van der Waals surface area contributed by atoms with E-state index in [0.717, 1.165) is 12.1 Å². The summed E-state index contributed by atoms with van der Waals surface area (Å²) in [4.78, 5) is 2.60. The van der Waals surface area contributed by atoms with Gasteiger partial charge in [-0.25, -0.2) is 0 Å². The van der Waals surface area contributed by atoms with Crippen molar-refractivity contribution < 1.29 is 0 Å². The van der Waals surface area contributed by atoms with Crippen molar-refractivity contribution in [2.45, 2.75) is 38.3 Å². The lowest BCUT2D eigenvalue weighted by Gasteiger charge is -2.07. The molecule has 8 heavy (non-hydrogen) atoms. The van der Waals surface area contributed by atoms with E-state index in [9.17, 15) is 0 Å². The molecule has 2 aliphatic rings. The summed E-state index contributed by atoms with van der Waals surface area (Å²) in [6, 6.07) is 1.95. The maximum atomic E-state index is 2.60. The third-order valence-corrected chi connectivity index (χ3v) is 2.58. The van der Waals surface area contributed by atoms with Gasteiger partial charge in [0.05, 0.1) is 0 Å². The van der Waals surface area contributed by atoms with Crippen molar-refractivity contribution in [1.29, 1.82) is 0 Å². The SMILES string of the molecule is CC1C2CCCCN12. The number of hydrogen-bond acceptors (Lipinski definition) is 1. The monoisotopic (exact) mass is 111 g/mol. The molecule has 1 heteroatoms. The van der Waals surface area contributed by atoms with Gasteiger partial charge in [-0.3, -0.25) is 4.90 Å². The Morgan fingerprint density at radius 3 is 2.75 bits per heavy atom. The summed E-state index contributed by atoms with van der Waals surface area (Å²) in [5, 5.41) is 0. The molecule has 2 fully saturated rings. The smallest absolute Gasteiger partial charge is 0.0252 e. The first kappa shape index (κ1) is 4.80.